The average Bonchev–Trinajstić information content (AvgIpc) is 2.84. The van der Waals surface area contributed by atoms with Gasteiger partial charge in [-0.05, 0) is 88.7 Å². The first-order valence-electron chi connectivity index (χ1n) is 12.1. The smallest absolute Gasteiger partial charge is 0.416 e. The number of halogens is 5. The Morgan fingerprint density at radius 2 is 1.83 bits per heavy atom. The molecule has 1 N–H and O–H groups in total. The zero-order valence-electron chi connectivity index (χ0n) is 20.8. The fraction of sp³-hybridized carbons (Fsp3) is 0.480. The Labute approximate surface area is 224 Å². The maximum absolute atomic E-state index is 14.0. The molecule has 0 bridgehead atoms. The number of benzene rings is 1. The lowest BCUT2D eigenvalue weighted by atomic mass is 9.92. The first-order chi connectivity index (χ1) is 17.0. The van der Waals surface area contributed by atoms with E-state index in [-0.39, 0.29) is 17.3 Å². The van der Waals surface area contributed by atoms with Gasteiger partial charge in [0.1, 0.15) is 5.82 Å². The summed E-state index contributed by atoms with van der Waals surface area (Å²) >= 11 is 9.48. The van der Waals surface area contributed by atoms with Crippen LogP contribution in [-0.2, 0) is 17.0 Å². The molecule has 0 radical (unpaired) electrons. The predicted molar refractivity (Wildman–Crippen MR) is 145 cm³/mol. The van der Waals surface area contributed by atoms with E-state index < -0.39 is 26.1 Å². The minimum absolute atomic E-state index is 0.00357. The van der Waals surface area contributed by atoms with Crippen LogP contribution in [0.4, 0.5) is 19.0 Å². The van der Waals surface area contributed by atoms with E-state index in [1.807, 2.05) is 6.92 Å². The molecule has 0 spiro atoms. The lowest BCUT2D eigenvalue weighted by Crippen LogP contribution is -2.36. The number of aromatic nitrogens is 3. The predicted octanol–water partition coefficient (Wildman–Crippen LogP) is 8.59. The zero-order valence-corrected chi connectivity index (χ0v) is 24.2. The SMILES string of the molecule is CC[Si](CC)(CC)OCCCc1c([C@@H](C)Nc2nc(Cl)nc3ncc(Br)cc23)cccc1C(F)(F)F. The summed E-state index contributed by atoms with van der Waals surface area (Å²) in [5.74, 6) is 0.405. The Morgan fingerprint density at radius 3 is 2.47 bits per heavy atom. The van der Waals surface area contributed by atoms with Crippen LogP contribution >= 0.6 is 27.5 Å². The van der Waals surface area contributed by atoms with E-state index in [0.29, 0.717) is 35.4 Å². The van der Waals surface area contributed by atoms with E-state index in [4.69, 9.17) is 16.0 Å². The molecule has 2 heterocycles. The molecule has 0 aliphatic heterocycles. The number of rotatable bonds is 11. The number of nitrogens with zero attached hydrogens (tertiary/aromatic N) is 3. The molecule has 0 saturated heterocycles. The van der Waals surface area contributed by atoms with Crippen molar-refractivity contribution in [2.45, 2.75) is 70.9 Å². The third kappa shape index (κ3) is 6.76. The highest BCUT2D eigenvalue weighted by atomic mass is 79.9. The van der Waals surface area contributed by atoms with Gasteiger partial charge in [-0.2, -0.15) is 18.2 Å². The van der Waals surface area contributed by atoms with Gasteiger partial charge in [0, 0.05) is 17.3 Å². The Hall–Kier alpha value is -1.75. The van der Waals surface area contributed by atoms with E-state index in [9.17, 15) is 13.2 Å². The van der Waals surface area contributed by atoms with Crippen molar-refractivity contribution in [3.8, 4) is 0 Å². The number of pyridine rings is 1. The van der Waals surface area contributed by atoms with Crippen LogP contribution in [0.3, 0.4) is 0 Å². The van der Waals surface area contributed by atoms with Crippen molar-refractivity contribution in [2.24, 2.45) is 0 Å². The van der Waals surface area contributed by atoms with Crippen molar-refractivity contribution >= 4 is 52.7 Å². The Balaban J connectivity index is 1.91. The number of alkyl halides is 3. The van der Waals surface area contributed by atoms with Gasteiger partial charge in [-0.1, -0.05) is 32.9 Å². The minimum atomic E-state index is -4.46. The van der Waals surface area contributed by atoms with E-state index >= 15 is 0 Å². The second kappa shape index (κ2) is 12.2. The molecule has 3 aromatic rings. The van der Waals surface area contributed by atoms with E-state index in [1.165, 1.54) is 6.07 Å². The number of fused-ring (bicyclic) bond motifs is 1. The maximum Gasteiger partial charge on any atom is 0.416 e. The molecule has 36 heavy (non-hydrogen) atoms. The third-order valence-corrected chi connectivity index (χ3v) is 12.0. The molecule has 3 rings (SSSR count). The number of hydrogen-bond donors (Lipinski definition) is 1. The molecule has 0 unspecified atom stereocenters. The van der Waals surface area contributed by atoms with Crippen LogP contribution in [0.15, 0.2) is 34.9 Å². The highest BCUT2D eigenvalue weighted by Gasteiger charge is 2.35. The zero-order chi connectivity index (χ0) is 26.5. The summed E-state index contributed by atoms with van der Waals surface area (Å²) in [5, 5.41) is 3.86. The highest BCUT2D eigenvalue weighted by molar-refractivity contribution is 9.10. The van der Waals surface area contributed by atoms with Gasteiger partial charge in [0.2, 0.25) is 5.28 Å². The van der Waals surface area contributed by atoms with Crippen molar-refractivity contribution in [3.05, 3.63) is 56.9 Å². The molecular formula is C25H31BrClF3N4OSi. The van der Waals surface area contributed by atoms with Crippen LogP contribution < -0.4 is 5.32 Å². The maximum atomic E-state index is 14.0. The Kier molecular flexibility index (Phi) is 9.76. The van der Waals surface area contributed by atoms with Gasteiger partial charge in [-0.3, -0.25) is 0 Å². The van der Waals surface area contributed by atoms with Crippen molar-refractivity contribution in [1.82, 2.24) is 15.0 Å². The van der Waals surface area contributed by atoms with E-state index in [2.05, 4.69) is 57.0 Å². The van der Waals surface area contributed by atoms with Crippen molar-refractivity contribution in [3.63, 3.8) is 0 Å². The quantitative estimate of drug-likeness (QED) is 0.135. The number of anilines is 1. The molecule has 196 valence electrons. The molecule has 5 nitrogen and oxygen atoms in total. The molecule has 0 aliphatic rings. The van der Waals surface area contributed by atoms with Gasteiger partial charge in [0.15, 0.2) is 14.0 Å². The largest absolute Gasteiger partial charge is 0.417 e. The summed E-state index contributed by atoms with van der Waals surface area (Å²) in [7, 11) is -1.80. The van der Waals surface area contributed by atoms with Gasteiger partial charge in [-0.15, -0.1) is 0 Å². The van der Waals surface area contributed by atoms with Crippen molar-refractivity contribution in [1.29, 1.82) is 0 Å². The first kappa shape index (κ1) is 28.8. The second-order valence-corrected chi connectivity index (χ2v) is 14.8. The second-order valence-electron chi connectivity index (χ2n) is 8.80. The Bertz CT molecular complexity index is 1190. The molecule has 0 amide bonds. The summed E-state index contributed by atoms with van der Waals surface area (Å²) in [6.07, 6.45) is -2.09. The Morgan fingerprint density at radius 1 is 1.14 bits per heavy atom. The molecule has 0 aliphatic carbocycles. The molecule has 2 aromatic heterocycles. The summed E-state index contributed by atoms with van der Waals surface area (Å²) in [6, 6.07) is 8.65. The van der Waals surface area contributed by atoms with Crippen LogP contribution in [0.5, 0.6) is 0 Å². The fourth-order valence-electron chi connectivity index (χ4n) is 4.50. The minimum Gasteiger partial charge on any atom is -0.417 e. The lowest BCUT2D eigenvalue weighted by molar-refractivity contribution is -0.138. The van der Waals surface area contributed by atoms with Gasteiger partial charge in [-0.25, -0.2) is 9.97 Å². The fourth-order valence-corrected chi connectivity index (χ4v) is 7.69. The van der Waals surface area contributed by atoms with Crippen molar-refractivity contribution < 1.29 is 17.6 Å². The topological polar surface area (TPSA) is 59.9 Å². The van der Waals surface area contributed by atoms with Gasteiger partial charge in [0.05, 0.1) is 17.0 Å². The van der Waals surface area contributed by atoms with Crippen LogP contribution in [0.25, 0.3) is 11.0 Å². The summed E-state index contributed by atoms with van der Waals surface area (Å²) in [4.78, 5) is 12.7. The third-order valence-electron chi connectivity index (χ3n) is 6.74. The summed E-state index contributed by atoms with van der Waals surface area (Å²) in [6.45, 7) is 8.69. The lowest BCUT2D eigenvalue weighted by Gasteiger charge is -2.28. The van der Waals surface area contributed by atoms with Crippen LogP contribution in [0.1, 0.15) is 56.8 Å². The summed E-state index contributed by atoms with van der Waals surface area (Å²) in [5.41, 5.74) is 0.605. The molecule has 1 aromatic carbocycles. The average molecular weight is 604 g/mol. The van der Waals surface area contributed by atoms with Gasteiger partial charge in [0.25, 0.3) is 0 Å². The summed E-state index contributed by atoms with van der Waals surface area (Å²) < 4.78 is 49.0. The molecule has 1 atom stereocenters. The molecule has 0 saturated carbocycles. The van der Waals surface area contributed by atoms with E-state index in [1.54, 1.807) is 18.3 Å². The van der Waals surface area contributed by atoms with Crippen LogP contribution in [0.2, 0.25) is 23.4 Å². The van der Waals surface area contributed by atoms with Gasteiger partial charge >= 0.3 is 6.18 Å². The standard InChI is InChI=1S/C25H31BrClF3N4OSi/c1-5-36(6-2,7-3)35-13-9-11-19-18(10-8-12-21(19)25(28,29)30)16(4)32-23-20-14-17(26)15-31-22(20)33-24(27)34-23/h8,10,12,14-16H,5-7,9,11,13H2,1-4H3,(H,31,32,33,34)/t16-/m1/s1. The number of hydrogen-bond acceptors (Lipinski definition) is 5. The van der Waals surface area contributed by atoms with Crippen LogP contribution in [0, 0.1) is 0 Å². The van der Waals surface area contributed by atoms with Crippen molar-refractivity contribution in [2.75, 3.05) is 11.9 Å². The molecule has 0 fully saturated rings. The molecule has 11 heteroatoms. The van der Waals surface area contributed by atoms with Gasteiger partial charge < -0.3 is 9.74 Å². The normalized spacial score (nSPS) is 13.2. The highest BCUT2D eigenvalue weighted by Crippen LogP contribution is 2.37. The van der Waals surface area contributed by atoms with Crippen LogP contribution in [-0.4, -0.2) is 29.9 Å². The van der Waals surface area contributed by atoms with E-state index in [0.717, 1.165) is 28.7 Å². The molecular weight excluding hydrogens is 573 g/mol. The first-order valence-corrected chi connectivity index (χ1v) is 15.8. The number of nitrogens with one attached hydrogen (secondary N) is 1. The monoisotopic (exact) mass is 602 g/mol.